The Bertz CT molecular complexity index is 1260. The molecule has 0 amide bonds. The molecule has 0 saturated carbocycles. The van der Waals surface area contributed by atoms with Gasteiger partial charge in [0.25, 0.3) is 0 Å². The maximum Gasteiger partial charge on any atom is 0.0353 e. The first-order valence-electron chi connectivity index (χ1n) is 9.65. The predicted octanol–water partition coefficient (Wildman–Crippen LogP) is 7.34. The van der Waals surface area contributed by atoms with Crippen molar-refractivity contribution in [3.8, 4) is 22.3 Å². The molecule has 0 aliphatic carbocycles. The lowest BCUT2D eigenvalue weighted by Crippen LogP contribution is -1.92. The first kappa shape index (κ1) is 16.7. The van der Waals surface area contributed by atoms with Gasteiger partial charge in [-0.3, -0.25) is 4.98 Å². The first-order chi connectivity index (χ1) is 13.7. The summed E-state index contributed by atoms with van der Waals surface area (Å²) in [5.41, 5.74) is 7.66. The number of pyridine rings is 1. The van der Waals surface area contributed by atoms with E-state index in [4.69, 9.17) is 0 Å². The average Bonchev–Trinajstić information content (AvgIpc) is 2.74. The van der Waals surface area contributed by atoms with Gasteiger partial charge in [0.1, 0.15) is 0 Å². The van der Waals surface area contributed by atoms with Gasteiger partial charge in [0.2, 0.25) is 0 Å². The largest absolute Gasteiger partial charge is 0.264 e. The molecule has 1 aromatic heterocycles. The zero-order valence-corrected chi connectivity index (χ0v) is 16.1. The fraction of sp³-hybridized carbons (Fsp3) is 0.0741. The standard InChI is InChI=1S/C27H21N/c1-18-12-13-21(16-19(18)2)27-23-11-7-6-10-22(23)26(20-8-4-3-5-9-20)24-14-15-28-17-25(24)27/h3-17H,1-2H3. The molecule has 0 saturated heterocycles. The van der Waals surface area contributed by atoms with Crippen LogP contribution >= 0.6 is 0 Å². The Morgan fingerprint density at radius 1 is 0.536 bits per heavy atom. The van der Waals surface area contributed by atoms with E-state index in [1.807, 2.05) is 12.4 Å². The SMILES string of the molecule is Cc1ccc(-c2c3ccccc3c(-c3ccccc3)c3ccncc23)cc1C. The fourth-order valence-electron chi connectivity index (χ4n) is 4.14. The van der Waals surface area contributed by atoms with Crippen molar-refractivity contribution in [1.29, 1.82) is 0 Å². The Morgan fingerprint density at radius 2 is 1.18 bits per heavy atom. The van der Waals surface area contributed by atoms with Crippen molar-refractivity contribution in [2.45, 2.75) is 13.8 Å². The lowest BCUT2D eigenvalue weighted by molar-refractivity contribution is 1.34. The minimum Gasteiger partial charge on any atom is -0.264 e. The third-order valence-electron chi connectivity index (χ3n) is 5.68. The molecule has 0 fully saturated rings. The molecule has 28 heavy (non-hydrogen) atoms. The van der Waals surface area contributed by atoms with E-state index in [1.165, 1.54) is 54.9 Å². The molecule has 1 heteroatoms. The van der Waals surface area contributed by atoms with Gasteiger partial charge in [-0.1, -0.05) is 72.8 Å². The molecular formula is C27H21N. The Hall–Kier alpha value is -3.45. The van der Waals surface area contributed by atoms with Gasteiger partial charge in [-0.2, -0.15) is 0 Å². The van der Waals surface area contributed by atoms with Gasteiger partial charge in [-0.15, -0.1) is 0 Å². The molecule has 0 unspecified atom stereocenters. The maximum atomic E-state index is 4.48. The number of aromatic nitrogens is 1. The molecule has 0 spiro atoms. The Morgan fingerprint density at radius 3 is 1.89 bits per heavy atom. The second-order valence-electron chi connectivity index (χ2n) is 7.38. The predicted molar refractivity (Wildman–Crippen MR) is 120 cm³/mol. The summed E-state index contributed by atoms with van der Waals surface area (Å²) in [6, 6.07) is 28.3. The summed E-state index contributed by atoms with van der Waals surface area (Å²) in [6.45, 7) is 4.34. The molecule has 0 aliphatic rings. The Kier molecular flexibility index (Phi) is 3.95. The van der Waals surface area contributed by atoms with E-state index in [1.54, 1.807) is 0 Å². The van der Waals surface area contributed by atoms with Gasteiger partial charge in [0.15, 0.2) is 0 Å². The second kappa shape index (κ2) is 6.61. The molecule has 0 aliphatic heterocycles. The van der Waals surface area contributed by atoms with Crippen LogP contribution in [0.4, 0.5) is 0 Å². The molecule has 1 nitrogen and oxygen atoms in total. The first-order valence-corrected chi connectivity index (χ1v) is 9.65. The minimum absolute atomic E-state index is 1.20. The van der Waals surface area contributed by atoms with Crippen molar-refractivity contribution < 1.29 is 0 Å². The quantitative estimate of drug-likeness (QED) is 0.300. The highest BCUT2D eigenvalue weighted by Gasteiger charge is 2.16. The van der Waals surface area contributed by atoms with E-state index < -0.39 is 0 Å². The van der Waals surface area contributed by atoms with Crippen molar-refractivity contribution in [3.05, 3.63) is 102 Å². The summed E-state index contributed by atoms with van der Waals surface area (Å²) in [5, 5.41) is 4.99. The number of aryl methyl sites for hydroxylation is 2. The van der Waals surface area contributed by atoms with Crippen LogP contribution in [0.15, 0.2) is 91.3 Å². The third-order valence-corrected chi connectivity index (χ3v) is 5.68. The van der Waals surface area contributed by atoms with Gasteiger partial charge in [-0.05, 0) is 69.5 Å². The van der Waals surface area contributed by atoms with Gasteiger partial charge < -0.3 is 0 Å². The Labute approximate surface area is 165 Å². The third kappa shape index (κ3) is 2.59. The van der Waals surface area contributed by atoms with Gasteiger partial charge in [-0.25, -0.2) is 0 Å². The van der Waals surface area contributed by atoms with Crippen LogP contribution in [-0.2, 0) is 0 Å². The van der Waals surface area contributed by atoms with E-state index in [0.717, 1.165) is 0 Å². The van der Waals surface area contributed by atoms with Crippen molar-refractivity contribution in [2.24, 2.45) is 0 Å². The van der Waals surface area contributed by atoms with Gasteiger partial charge >= 0.3 is 0 Å². The average molecular weight is 359 g/mol. The zero-order valence-electron chi connectivity index (χ0n) is 16.1. The maximum absolute atomic E-state index is 4.48. The second-order valence-corrected chi connectivity index (χ2v) is 7.38. The van der Waals surface area contributed by atoms with Crippen LogP contribution < -0.4 is 0 Å². The molecule has 5 rings (SSSR count). The minimum atomic E-state index is 1.20. The number of hydrogen-bond acceptors (Lipinski definition) is 1. The van der Waals surface area contributed by atoms with E-state index in [9.17, 15) is 0 Å². The topological polar surface area (TPSA) is 12.9 Å². The van der Waals surface area contributed by atoms with Crippen LogP contribution in [0.5, 0.6) is 0 Å². The molecule has 0 bridgehead atoms. The Balaban J connectivity index is 1.99. The van der Waals surface area contributed by atoms with E-state index in [-0.39, 0.29) is 0 Å². The zero-order chi connectivity index (χ0) is 19.1. The van der Waals surface area contributed by atoms with Crippen LogP contribution in [0.3, 0.4) is 0 Å². The summed E-state index contributed by atoms with van der Waals surface area (Å²) in [6.07, 6.45) is 3.91. The number of benzene rings is 4. The highest BCUT2D eigenvalue weighted by atomic mass is 14.6. The van der Waals surface area contributed by atoms with E-state index in [2.05, 4.69) is 97.7 Å². The summed E-state index contributed by atoms with van der Waals surface area (Å²) in [5.74, 6) is 0. The van der Waals surface area contributed by atoms with Crippen molar-refractivity contribution in [1.82, 2.24) is 4.98 Å². The van der Waals surface area contributed by atoms with Gasteiger partial charge in [0, 0.05) is 17.8 Å². The molecule has 0 N–H and O–H groups in total. The van der Waals surface area contributed by atoms with E-state index >= 15 is 0 Å². The smallest absolute Gasteiger partial charge is 0.0353 e. The van der Waals surface area contributed by atoms with Crippen LogP contribution in [-0.4, -0.2) is 4.98 Å². The molecule has 0 atom stereocenters. The summed E-state index contributed by atoms with van der Waals surface area (Å²) < 4.78 is 0. The molecule has 134 valence electrons. The van der Waals surface area contributed by atoms with Crippen molar-refractivity contribution in [3.63, 3.8) is 0 Å². The van der Waals surface area contributed by atoms with Crippen LogP contribution in [0, 0.1) is 13.8 Å². The number of hydrogen-bond donors (Lipinski definition) is 0. The van der Waals surface area contributed by atoms with Gasteiger partial charge in [0.05, 0.1) is 0 Å². The lowest BCUT2D eigenvalue weighted by Gasteiger charge is -2.17. The van der Waals surface area contributed by atoms with Crippen LogP contribution in [0.1, 0.15) is 11.1 Å². The number of rotatable bonds is 2. The van der Waals surface area contributed by atoms with Crippen LogP contribution in [0.25, 0.3) is 43.8 Å². The molecule has 4 aromatic carbocycles. The van der Waals surface area contributed by atoms with Crippen molar-refractivity contribution in [2.75, 3.05) is 0 Å². The van der Waals surface area contributed by atoms with Crippen LogP contribution in [0.2, 0.25) is 0 Å². The van der Waals surface area contributed by atoms with Crippen molar-refractivity contribution >= 4 is 21.5 Å². The molecule has 1 heterocycles. The summed E-state index contributed by atoms with van der Waals surface area (Å²) in [7, 11) is 0. The summed E-state index contributed by atoms with van der Waals surface area (Å²) >= 11 is 0. The monoisotopic (exact) mass is 359 g/mol. The lowest BCUT2D eigenvalue weighted by atomic mass is 9.86. The molecule has 5 aromatic rings. The number of nitrogens with zero attached hydrogens (tertiary/aromatic N) is 1. The van der Waals surface area contributed by atoms with E-state index in [0.29, 0.717) is 0 Å². The highest BCUT2D eigenvalue weighted by molar-refractivity contribution is 6.21. The highest BCUT2D eigenvalue weighted by Crippen LogP contribution is 2.43. The normalized spacial score (nSPS) is 11.2. The number of fused-ring (bicyclic) bond motifs is 2. The molecular weight excluding hydrogens is 338 g/mol. The summed E-state index contributed by atoms with van der Waals surface area (Å²) in [4.78, 5) is 4.48. The fourth-order valence-corrected chi connectivity index (χ4v) is 4.14. The molecule has 0 radical (unpaired) electrons.